The fraction of sp³-hybridized carbons (Fsp3) is 0.300. The summed E-state index contributed by atoms with van der Waals surface area (Å²) in [5.41, 5.74) is 4.26. The number of carbonyl (C=O) groups excluding carboxylic acids is 1. The Balaban J connectivity index is 2.66. The van der Waals surface area contributed by atoms with Crippen molar-refractivity contribution in [2.24, 2.45) is 0 Å². The van der Waals surface area contributed by atoms with Crippen LogP contribution in [0.25, 0.3) is 0 Å². The Labute approximate surface area is 90.6 Å². The molecule has 0 aliphatic carbocycles. The van der Waals surface area contributed by atoms with Crippen molar-refractivity contribution in [3.63, 3.8) is 0 Å². The molecular formula is C10H11F2NO3. The van der Waals surface area contributed by atoms with Crippen LogP contribution < -0.4 is 15.6 Å². The van der Waals surface area contributed by atoms with Crippen LogP contribution in [0.2, 0.25) is 0 Å². The van der Waals surface area contributed by atoms with E-state index in [-0.39, 0.29) is 12.2 Å². The predicted molar refractivity (Wildman–Crippen MR) is 48.3 cm³/mol. The zero-order valence-electron chi connectivity index (χ0n) is 8.36. The highest BCUT2D eigenvalue weighted by atomic mass is 19.3. The number of carboxylic acid groups (broad SMARTS) is 1. The van der Waals surface area contributed by atoms with Crippen LogP contribution in [0, 0.1) is 0 Å². The highest BCUT2D eigenvalue weighted by molar-refractivity contribution is 5.65. The van der Waals surface area contributed by atoms with Gasteiger partial charge in [-0.25, -0.2) is 0 Å². The van der Waals surface area contributed by atoms with Gasteiger partial charge in [0.25, 0.3) is 0 Å². The highest BCUT2D eigenvalue weighted by Gasteiger charge is 2.10. The lowest BCUT2D eigenvalue weighted by molar-refractivity contribution is -0.430. The Morgan fingerprint density at radius 3 is 2.38 bits per heavy atom. The average molecular weight is 231 g/mol. The van der Waals surface area contributed by atoms with Gasteiger partial charge in [0.15, 0.2) is 0 Å². The molecule has 16 heavy (non-hydrogen) atoms. The summed E-state index contributed by atoms with van der Waals surface area (Å²) in [6.07, 6.45) is -0.213. The van der Waals surface area contributed by atoms with Crippen LogP contribution in [0.15, 0.2) is 24.3 Å². The molecule has 1 aromatic carbocycles. The van der Waals surface area contributed by atoms with Gasteiger partial charge < -0.3 is 20.4 Å². The van der Waals surface area contributed by atoms with E-state index >= 15 is 0 Å². The number of quaternary nitrogens is 1. The molecule has 0 radical (unpaired) electrons. The Bertz CT molecular complexity index is 354. The third kappa shape index (κ3) is 3.82. The van der Waals surface area contributed by atoms with Crippen LogP contribution in [0.4, 0.5) is 8.78 Å². The van der Waals surface area contributed by atoms with E-state index in [1.807, 2.05) is 0 Å². The van der Waals surface area contributed by atoms with Gasteiger partial charge >= 0.3 is 6.61 Å². The zero-order chi connectivity index (χ0) is 12.1. The lowest BCUT2D eigenvalue weighted by Crippen LogP contribution is -2.55. The maximum Gasteiger partial charge on any atom is 0.387 e. The second-order valence-electron chi connectivity index (χ2n) is 3.22. The van der Waals surface area contributed by atoms with Crippen LogP contribution in [-0.4, -0.2) is 12.6 Å². The fourth-order valence-corrected chi connectivity index (χ4v) is 1.24. The minimum atomic E-state index is -2.87. The largest absolute Gasteiger partial charge is 0.550 e. The fourth-order valence-electron chi connectivity index (χ4n) is 1.24. The number of alkyl halides is 2. The molecule has 0 bridgehead atoms. The first kappa shape index (κ1) is 12.4. The molecule has 88 valence electrons. The summed E-state index contributed by atoms with van der Waals surface area (Å²) in [6.45, 7) is -2.87. The molecule has 1 atom stereocenters. The van der Waals surface area contributed by atoms with Crippen molar-refractivity contribution in [2.45, 2.75) is 19.1 Å². The SMILES string of the molecule is [NH3+][C@@H](CC(=O)[O-])c1ccc(OC(F)F)cc1. The summed E-state index contributed by atoms with van der Waals surface area (Å²) >= 11 is 0. The van der Waals surface area contributed by atoms with Gasteiger partial charge in [0.05, 0.1) is 0 Å². The Kier molecular flexibility index (Phi) is 4.19. The average Bonchev–Trinajstić information content (AvgIpc) is 2.16. The molecule has 0 saturated carbocycles. The summed E-state index contributed by atoms with van der Waals surface area (Å²) in [6, 6.07) is 5.21. The van der Waals surface area contributed by atoms with E-state index < -0.39 is 18.6 Å². The zero-order valence-corrected chi connectivity index (χ0v) is 8.36. The first-order valence-corrected chi connectivity index (χ1v) is 4.56. The number of carboxylic acids is 1. The molecule has 6 heteroatoms. The molecular weight excluding hydrogens is 220 g/mol. The number of halogens is 2. The topological polar surface area (TPSA) is 77.0 Å². The maximum absolute atomic E-state index is 11.8. The molecule has 0 amide bonds. The van der Waals surface area contributed by atoms with E-state index in [1.54, 1.807) is 0 Å². The smallest absolute Gasteiger partial charge is 0.387 e. The molecule has 0 aromatic heterocycles. The van der Waals surface area contributed by atoms with Gasteiger partial charge in [-0.05, 0) is 24.3 Å². The van der Waals surface area contributed by atoms with Crippen molar-refractivity contribution < 1.29 is 29.2 Å². The monoisotopic (exact) mass is 231 g/mol. The first-order valence-electron chi connectivity index (χ1n) is 4.56. The summed E-state index contributed by atoms with van der Waals surface area (Å²) in [5.74, 6) is -1.17. The van der Waals surface area contributed by atoms with Crippen LogP contribution in [0.1, 0.15) is 18.0 Å². The van der Waals surface area contributed by atoms with E-state index in [2.05, 4.69) is 10.5 Å². The van der Waals surface area contributed by atoms with E-state index in [4.69, 9.17) is 0 Å². The number of hydrogen-bond donors (Lipinski definition) is 1. The highest BCUT2D eigenvalue weighted by Crippen LogP contribution is 2.18. The summed E-state index contributed by atoms with van der Waals surface area (Å²) in [5, 5.41) is 10.3. The van der Waals surface area contributed by atoms with E-state index in [0.29, 0.717) is 5.56 Å². The normalized spacial score (nSPS) is 12.5. The number of carbonyl (C=O) groups is 1. The van der Waals surface area contributed by atoms with Crippen molar-refractivity contribution in [1.82, 2.24) is 0 Å². The molecule has 0 heterocycles. The standard InChI is InChI=1S/C10H11F2NO3/c11-10(12)16-7-3-1-6(2-4-7)8(13)5-9(14)15/h1-4,8,10H,5,13H2,(H,14,15)/t8-/m0/s1. The van der Waals surface area contributed by atoms with Crippen LogP contribution in [0.3, 0.4) is 0 Å². The predicted octanol–water partition coefficient (Wildman–Crippen LogP) is -0.289. The van der Waals surface area contributed by atoms with Crippen LogP contribution >= 0.6 is 0 Å². The van der Waals surface area contributed by atoms with Crippen LogP contribution in [-0.2, 0) is 4.79 Å². The molecule has 3 N–H and O–H groups in total. The first-order chi connectivity index (χ1) is 7.49. The van der Waals surface area contributed by atoms with Gasteiger partial charge in [-0.3, -0.25) is 0 Å². The molecule has 4 nitrogen and oxygen atoms in total. The minimum absolute atomic E-state index is 0.0272. The van der Waals surface area contributed by atoms with Crippen molar-refractivity contribution in [3.8, 4) is 5.75 Å². The Morgan fingerprint density at radius 2 is 1.94 bits per heavy atom. The molecule has 0 unspecified atom stereocenters. The van der Waals surface area contributed by atoms with Gasteiger partial charge in [-0.1, -0.05) is 0 Å². The molecule has 0 fully saturated rings. The van der Waals surface area contributed by atoms with Crippen molar-refractivity contribution >= 4 is 5.97 Å². The van der Waals surface area contributed by atoms with Gasteiger partial charge in [-0.15, -0.1) is 0 Å². The van der Waals surface area contributed by atoms with Gasteiger partial charge in [0.2, 0.25) is 0 Å². The van der Waals surface area contributed by atoms with Crippen molar-refractivity contribution in [3.05, 3.63) is 29.8 Å². The summed E-state index contributed by atoms with van der Waals surface area (Å²) in [4.78, 5) is 10.3. The lowest BCUT2D eigenvalue weighted by atomic mass is 10.1. The molecule has 1 rings (SSSR count). The van der Waals surface area contributed by atoms with Gasteiger partial charge in [0.1, 0.15) is 11.8 Å². The lowest BCUT2D eigenvalue weighted by Gasteiger charge is -2.10. The Hall–Kier alpha value is -1.69. The summed E-state index contributed by atoms with van der Waals surface area (Å²) in [7, 11) is 0. The number of ether oxygens (including phenoxy) is 1. The van der Waals surface area contributed by atoms with Gasteiger partial charge in [-0.2, -0.15) is 8.78 Å². The quantitative estimate of drug-likeness (QED) is 0.756. The van der Waals surface area contributed by atoms with Gasteiger partial charge in [0, 0.05) is 18.0 Å². The molecule has 0 aliphatic heterocycles. The number of aliphatic carboxylic acids is 1. The van der Waals surface area contributed by atoms with Crippen molar-refractivity contribution in [2.75, 3.05) is 0 Å². The number of hydrogen-bond acceptors (Lipinski definition) is 3. The third-order valence-electron chi connectivity index (χ3n) is 1.99. The molecule has 0 saturated heterocycles. The minimum Gasteiger partial charge on any atom is -0.550 e. The Morgan fingerprint density at radius 1 is 1.38 bits per heavy atom. The second-order valence-corrected chi connectivity index (χ2v) is 3.22. The molecule has 0 aliphatic rings. The third-order valence-corrected chi connectivity index (χ3v) is 1.99. The molecule has 1 aromatic rings. The number of rotatable bonds is 5. The van der Waals surface area contributed by atoms with E-state index in [1.165, 1.54) is 24.3 Å². The maximum atomic E-state index is 11.8. The molecule has 0 spiro atoms. The summed E-state index contributed by atoms with van der Waals surface area (Å²) < 4.78 is 27.8. The van der Waals surface area contributed by atoms with E-state index in [9.17, 15) is 18.7 Å². The van der Waals surface area contributed by atoms with Crippen molar-refractivity contribution in [1.29, 1.82) is 0 Å². The number of benzene rings is 1. The second kappa shape index (κ2) is 5.41. The van der Waals surface area contributed by atoms with Crippen LogP contribution in [0.5, 0.6) is 5.75 Å². The van der Waals surface area contributed by atoms with E-state index in [0.717, 1.165) is 0 Å².